The quantitative estimate of drug-likeness (QED) is 0.499. The molecule has 2 heterocycles. The number of anilines is 1. The van der Waals surface area contributed by atoms with Gasteiger partial charge in [-0.1, -0.05) is 12.1 Å². The lowest BCUT2D eigenvalue weighted by molar-refractivity contribution is -0.137. The number of allylic oxidation sites excluding steroid dienone is 1. The molecule has 0 spiro atoms. The van der Waals surface area contributed by atoms with Crippen molar-refractivity contribution in [3.63, 3.8) is 0 Å². The third kappa shape index (κ3) is 4.10. The van der Waals surface area contributed by atoms with Crippen LogP contribution >= 0.6 is 0 Å². The zero-order valence-electron chi connectivity index (χ0n) is 18.6. The van der Waals surface area contributed by atoms with E-state index in [-0.39, 0.29) is 35.9 Å². The number of aliphatic imine (C=N–C) groups is 1. The van der Waals surface area contributed by atoms with Crippen LogP contribution in [-0.4, -0.2) is 32.0 Å². The number of hydrogen-bond donors (Lipinski definition) is 0. The molecule has 2 aliphatic heterocycles. The standard InChI is InChI=1S/C24H23F5N2O2/c1-13-11-30-20-12-33-21(16-6-5-7-19(32-4)14(16)2)17-10-15(24(27,28)29)8-9-18(17)31(20)22(13)23(3,25)26/h5-10,21H,11-12H2,1-4H3/t21-/m1/s1. The maximum absolute atomic E-state index is 14.7. The molecule has 0 bridgehead atoms. The molecule has 4 nitrogen and oxygen atoms in total. The van der Waals surface area contributed by atoms with Crippen molar-refractivity contribution in [3.8, 4) is 5.75 Å². The van der Waals surface area contributed by atoms with Gasteiger partial charge in [0.05, 0.1) is 30.6 Å². The number of amidine groups is 1. The Bertz CT molecular complexity index is 1150. The number of rotatable bonds is 3. The topological polar surface area (TPSA) is 34.1 Å². The Balaban J connectivity index is 2.00. The summed E-state index contributed by atoms with van der Waals surface area (Å²) in [6.45, 7) is 4.01. The summed E-state index contributed by atoms with van der Waals surface area (Å²) in [5.41, 5.74) is 0.736. The van der Waals surface area contributed by atoms with Gasteiger partial charge in [-0.15, -0.1) is 0 Å². The van der Waals surface area contributed by atoms with Crippen LogP contribution in [0.25, 0.3) is 0 Å². The van der Waals surface area contributed by atoms with Gasteiger partial charge in [-0.25, -0.2) is 8.78 Å². The first-order chi connectivity index (χ1) is 15.4. The highest BCUT2D eigenvalue weighted by Crippen LogP contribution is 2.46. The van der Waals surface area contributed by atoms with E-state index in [2.05, 4.69) is 4.99 Å². The normalized spacial score (nSPS) is 19.0. The summed E-state index contributed by atoms with van der Waals surface area (Å²) >= 11 is 0. The number of methoxy groups -OCH3 is 1. The van der Waals surface area contributed by atoms with E-state index in [9.17, 15) is 22.0 Å². The fourth-order valence-corrected chi connectivity index (χ4v) is 4.40. The smallest absolute Gasteiger partial charge is 0.416 e. The Morgan fingerprint density at radius 2 is 1.79 bits per heavy atom. The van der Waals surface area contributed by atoms with Crippen LogP contribution in [0, 0.1) is 6.92 Å². The van der Waals surface area contributed by atoms with E-state index in [1.54, 1.807) is 32.0 Å². The second-order valence-corrected chi connectivity index (χ2v) is 8.22. The highest BCUT2D eigenvalue weighted by Gasteiger charge is 2.43. The molecule has 0 N–H and O–H groups in total. The molecule has 1 atom stereocenters. The third-order valence-electron chi connectivity index (χ3n) is 5.89. The van der Waals surface area contributed by atoms with E-state index in [1.807, 2.05) is 0 Å². The first kappa shape index (κ1) is 23.2. The van der Waals surface area contributed by atoms with Crippen molar-refractivity contribution in [1.29, 1.82) is 0 Å². The lowest BCUT2D eigenvalue weighted by Gasteiger charge is -2.35. The largest absolute Gasteiger partial charge is 0.496 e. The van der Waals surface area contributed by atoms with Crippen LogP contribution in [-0.2, 0) is 10.9 Å². The first-order valence-corrected chi connectivity index (χ1v) is 10.3. The molecule has 2 aliphatic rings. The van der Waals surface area contributed by atoms with E-state index in [0.717, 1.165) is 19.1 Å². The molecule has 0 fully saturated rings. The van der Waals surface area contributed by atoms with Crippen molar-refractivity contribution in [2.24, 2.45) is 4.99 Å². The minimum absolute atomic E-state index is 0.0623. The Kier molecular flexibility index (Phi) is 5.72. The van der Waals surface area contributed by atoms with Gasteiger partial charge in [0.15, 0.2) is 0 Å². The van der Waals surface area contributed by atoms with E-state index >= 15 is 0 Å². The average Bonchev–Trinajstić information content (AvgIpc) is 2.89. The Morgan fingerprint density at radius 1 is 1.06 bits per heavy atom. The van der Waals surface area contributed by atoms with Gasteiger partial charge in [0.1, 0.15) is 24.3 Å². The molecule has 33 heavy (non-hydrogen) atoms. The summed E-state index contributed by atoms with van der Waals surface area (Å²) in [7, 11) is 1.49. The Hall–Kier alpha value is -2.94. The number of halogens is 5. The SMILES string of the molecule is COc1cccc([C@H]2OCC3=NCC(C)=C(C(C)(F)F)N3c3ccc(C(F)(F)F)cc32)c1C. The lowest BCUT2D eigenvalue weighted by atomic mass is 9.93. The van der Waals surface area contributed by atoms with Crippen molar-refractivity contribution >= 4 is 11.5 Å². The Labute approximate surface area is 188 Å². The molecular formula is C24H23F5N2O2. The molecule has 0 saturated carbocycles. The molecule has 0 radical (unpaired) electrons. The molecule has 0 aliphatic carbocycles. The van der Waals surface area contributed by atoms with E-state index < -0.39 is 23.8 Å². The molecule has 0 unspecified atom stereocenters. The van der Waals surface area contributed by atoms with Crippen molar-refractivity contribution in [3.05, 3.63) is 69.9 Å². The summed E-state index contributed by atoms with van der Waals surface area (Å²) in [4.78, 5) is 5.64. The summed E-state index contributed by atoms with van der Waals surface area (Å²) in [6, 6.07) is 8.26. The van der Waals surface area contributed by atoms with Gasteiger partial charge in [0.2, 0.25) is 0 Å². The van der Waals surface area contributed by atoms with Gasteiger partial charge < -0.3 is 9.47 Å². The van der Waals surface area contributed by atoms with E-state index in [0.29, 0.717) is 22.4 Å². The molecule has 4 rings (SSSR count). The van der Waals surface area contributed by atoms with Gasteiger partial charge >= 0.3 is 6.18 Å². The van der Waals surface area contributed by atoms with Crippen LogP contribution in [0.5, 0.6) is 5.75 Å². The van der Waals surface area contributed by atoms with Crippen molar-refractivity contribution in [1.82, 2.24) is 0 Å². The number of alkyl halides is 5. The highest BCUT2D eigenvalue weighted by atomic mass is 19.4. The van der Waals surface area contributed by atoms with Crippen LogP contribution < -0.4 is 9.64 Å². The van der Waals surface area contributed by atoms with Gasteiger partial charge in [0.25, 0.3) is 5.92 Å². The van der Waals surface area contributed by atoms with Crippen LogP contribution in [0.2, 0.25) is 0 Å². The van der Waals surface area contributed by atoms with Crippen LogP contribution in [0.3, 0.4) is 0 Å². The summed E-state index contributed by atoms with van der Waals surface area (Å²) < 4.78 is 81.7. The van der Waals surface area contributed by atoms with Gasteiger partial charge in [-0.05, 0) is 54.8 Å². The van der Waals surface area contributed by atoms with Crippen LogP contribution in [0.4, 0.5) is 27.6 Å². The molecule has 176 valence electrons. The highest BCUT2D eigenvalue weighted by molar-refractivity contribution is 6.04. The second-order valence-electron chi connectivity index (χ2n) is 8.22. The lowest BCUT2D eigenvalue weighted by Crippen LogP contribution is -2.42. The molecule has 0 amide bonds. The minimum atomic E-state index is -4.61. The van der Waals surface area contributed by atoms with Crippen molar-refractivity contribution in [2.75, 3.05) is 25.2 Å². The second kappa shape index (κ2) is 8.13. The predicted molar refractivity (Wildman–Crippen MR) is 115 cm³/mol. The zero-order valence-corrected chi connectivity index (χ0v) is 18.6. The molecule has 0 saturated heterocycles. The number of nitrogens with zero attached hydrogens (tertiary/aromatic N) is 2. The Morgan fingerprint density at radius 3 is 2.42 bits per heavy atom. The van der Waals surface area contributed by atoms with Crippen molar-refractivity contribution < 1.29 is 31.4 Å². The summed E-state index contributed by atoms with van der Waals surface area (Å²) in [6.07, 6.45) is -5.56. The number of benzene rings is 2. The maximum atomic E-state index is 14.7. The molecular weight excluding hydrogens is 443 g/mol. The van der Waals surface area contributed by atoms with E-state index in [4.69, 9.17) is 9.47 Å². The molecule has 2 aromatic rings. The first-order valence-electron chi connectivity index (χ1n) is 10.3. The van der Waals surface area contributed by atoms with Gasteiger partial charge in [-0.3, -0.25) is 9.89 Å². The summed E-state index contributed by atoms with van der Waals surface area (Å²) in [5.74, 6) is -2.47. The van der Waals surface area contributed by atoms with Crippen LogP contribution in [0.15, 0.2) is 52.7 Å². The van der Waals surface area contributed by atoms with Crippen molar-refractivity contribution in [2.45, 2.75) is 39.0 Å². The average molecular weight is 466 g/mol. The number of fused-ring (bicyclic) bond motifs is 3. The monoisotopic (exact) mass is 466 g/mol. The minimum Gasteiger partial charge on any atom is -0.496 e. The van der Waals surface area contributed by atoms with E-state index in [1.165, 1.54) is 18.1 Å². The molecule has 9 heteroatoms. The number of hydrogen-bond acceptors (Lipinski definition) is 4. The fourth-order valence-electron chi connectivity index (χ4n) is 4.40. The zero-order chi connectivity index (χ0) is 24.1. The third-order valence-corrected chi connectivity index (χ3v) is 5.89. The van der Waals surface area contributed by atoms with Gasteiger partial charge in [0, 0.05) is 12.5 Å². The molecule has 2 aromatic carbocycles. The summed E-state index contributed by atoms with van der Waals surface area (Å²) in [5, 5.41) is 0. The van der Waals surface area contributed by atoms with Crippen LogP contribution in [0.1, 0.15) is 42.2 Å². The number of ether oxygens (including phenoxy) is 2. The molecule has 0 aromatic heterocycles. The van der Waals surface area contributed by atoms with Gasteiger partial charge in [-0.2, -0.15) is 13.2 Å². The maximum Gasteiger partial charge on any atom is 0.416 e. The fraction of sp³-hybridized carbons (Fsp3) is 0.375. The predicted octanol–water partition coefficient (Wildman–Crippen LogP) is 6.29.